The molecular formula is C26H33N3O3. The van der Waals surface area contributed by atoms with Gasteiger partial charge < -0.3 is 14.4 Å². The highest BCUT2D eigenvalue weighted by molar-refractivity contribution is 5.95. The Morgan fingerprint density at radius 3 is 2.78 bits per heavy atom. The molecule has 3 aliphatic heterocycles. The number of carbonyl (C=O) groups is 1. The van der Waals surface area contributed by atoms with Crippen molar-refractivity contribution in [1.82, 2.24) is 14.7 Å². The summed E-state index contributed by atoms with van der Waals surface area (Å²) in [6, 6.07) is 6.43. The van der Waals surface area contributed by atoms with Gasteiger partial charge in [0.05, 0.1) is 18.4 Å². The maximum Gasteiger partial charge on any atom is 0.272 e. The van der Waals surface area contributed by atoms with Crippen LogP contribution in [0.1, 0.15) is 72.1 Å². The first kappa shape index (κ1) is 20.3. The second-order valence-corrected chi connectivity index (χ2v) is 11.1. The largest absolute Gasteiger partial charge is 0.487 e. The molecule has 0 bridgehead atoms. The van der Waals surface area contributed by atoms with Gasteiger partial charge in [-0.05, 0) is 64.5 Å². The maximum absolute atomic E-state index is 13.4. The number of amides is 1. The van der Waals surface area contributed by atoms with Gasteiger partial charge in [0, 0.05) is 42.6 Å². The Bertz CT molecular complexity index is 1100. The van der Waals surface area contributed by atoms with Gasteiger partial charge in [0.25, 0.3) is 5.91 Å². The Balaban J connectivity index is 1.21. The lowest BCUT2D eigenvalue weighted by molar-refractivity contribution is -0.191. The summed E-state index contributed by atoms with van der Waals surface area (Å²) in [4.78, 5) is 15.4. The van der Waals surface area contributed by atoms with Gasteiger partial charge in [-0.3, -0.25) is 9.48 Å². The molecule has 2 aromatic rings. The number of fused-ring (bicyclic) bond motifs is 4. The zero-order valence-electron chi connectivity index (χ0n) is 19.6. The predicted octanol–water partition coefficient (Wildman–Crippen LogP) is 4.00. The molecule has 32 heavy (non-hydrogen) atoms. The van der Waals surface area contributed by atoms with Gasteiger partial charge in [0.15, 0.2) is 0 Å². The first-order valence-corrected chi connectivity index (χ1v) is 12.0. The molecule has 2 atom stereocenters. The number of likely N-dealkylation sites (tertiary alicyclic amines) is 1. The lowest BCUT2D eigenvalue weighted by atomic mass is 9.64. The minimum absolute atomic E-state index is 0.0261. The van der Waals surface area contributed by atoms with Gasteiger partial charge in [-0.2, -0.15) is 5.10 Å². The van der Waals surface area contributed by atoms with Crippen LogP contribution >= 0.6 is 0 Å². The third-order valence-electron chi connectivity index (χ3n) is 8.19. The molecule has 6 heteroatoms. The van der Waals surface area contributed by atoms with E-state index in [4.69, 9.17) is 9.47 Å². The second-order valence-electron chi connectivity index (χ2n) is 11.1. The van der Waals surface area contributed by atoms with Gasteiger partial charge >= 0.3 is 0 Å². The molecular weight excluding hydrogens is 402 g/mol. The predicted molar refractivity (Wildman–Crippen MR) is 121 cm³/mol. The summed E-state index contributed by atoms with van der Waals surface area (Å²) in [5.74, 6) is 1.36. The second kappa shape index (κ2) is 6.83. The molecule has 1 aromatic heterocycles. The van der Waals surface area contributed by atoms with Crippen LogP contribution in [0.25, 0.3) is 0 Å². The van der Waals surface area contributed by atoms with Gasteiger partial charge in [-0.25, -0.2) is 0 Å². The topological polar surface area (TPSA) is 56.6 Å². The lowest BCUT2D eigenvalue weighted by Crippen LogP contribution is -2.65. The minimum atomic E-state index is -0.301. The molecule has 6 rings (SSSR count). The van der Waals surface area contributed by atoms with E-state index in [2.05, 4.69) is 44.1 Å². The van der Waals surface area contributed by atoms with Gasteiger partial charge in [0.1, 0.15) is 17.0 Å². The van der Waals surface area contributed by atoms with Crippen molar-refractivity contribution in [3.8, 4) is 5.75 Å². The maximum atomic E-state index is 13.4. The van der Waals surface area contributed by atoms with Crippen LogP contribution in [0.15, 0.2) is 18.2 Å². The van der Waals surface area contributed by atoms with E-state index in [1.54, 1.807) is 0 Å². The first-order chi connectivity index (χ1) is 15.3. The molecule has 4 heterocycles. The molecule has 2 fully saturated rings. The van der Waals surface area contributed by atoms with Crippen molar-refractivity contribution in [3.63, 3.8) is 0 Å². The van der Waals surface area contributed by atoms with Crippen LogP contribution in [0.5, 0.6) is 5.75 Å². The zero-order valence-corrected chi connectivity index (χ0v) is 19.6. The lowest BCUT2D eigenvalue weighted by Gasteiger charge is -2.58. The summed E-state index contributed by atoms with van der Waals surface area (Å²) in [6.07, 6.45) is 5.37. The van der Waals surface area contributed by atoms with E-state index in [0.717, 1.165) is 55.9 Å². The standard InChI is InChI=1S/C26H33N3O3/c1-16-9-10-18-21(11-16)32-25(2,3)19-12-26(15-31-23(18)19)13-29(14-26)24(30)22-17-7-5-6-8-20(17)27-28(22)4/h9-11,19,23H,5-8,12-15H2,1-4H3/t19-,23+/m0/s1. The Kier molecular flexibility index (Phi) is 4.33. The van der Waals surface area contributed by atoms with Crippen molar-refractivity contribution in [2.24, 2.45) is 18.4 Å². The van der Waals surface area contributed by atoms with Crippen molar-refractivity contribution in [2.45, 2.75) is 64.6 Å². The van der Waals surface area contributed by atoms with Gasteiger partial charge in [0.2, 0.25) is 0 Å². The summed E-state index contributed by atoms with van der Waals surface area (Å²) in [7, 11) is 1.91. The summed E-state index contributed by atoms with van der Waals surface area (Å²) in [5.41, 5.74) is 5.20. The summed E-state index contributed by atoms with van der Waals surface area (Å²) in [6.45, 7) is 8.67. The smallest absolute Gasteiger partial charge is 0.272 e. The van der Waals surface area contributed by atoms with E-state index in [9.17, 15) is 4.79 Å². The average molecular weight is 436 g/mol. The number of ether oxygens (including phenoxy) is 2. The van der Waals surface area contributed by atoms with E-state index >= 15 is 0 Å². The molecule has 6 nitrogen and oxygen atoms in total. The summed E-state index contributed by atoms with van der Waals surface area (Å²) in [5, 5.41) is 4.65. The van der Waals surface area contributed by atoms with Crippen molar-refractivity contribution < 1.29 is 14.3 Å². The minimum Gasteiger partial charge on any atom is -0.487 e. The van der Waals surface area contributed by atoms with E-state index in [1.807, 2.05) is 16.6 Å². The van der Waals surface area contributed by atoms with Crippen molar-refractivity contribution in [1.29, 1.82) is 0 Å². The van der Waals surface area contributed by atoms with Crippen LogP contribution in [0.3, 0.4) is 0 Å². The molecule has 0 radical (unpaired) electrons. The average Bonchev–Trinajstić information content (AvgIpc) is 3.06. The Morgan fingerprint density at radius 2 is 1.97 bits per heavy atom. The quantitative estimate of drug-likeness (QED) is 0.680. The normalized spacial score (nSPS) is 27.1. The van der Waals surface area contributed by atoms with Crippen LogP contribution in [0.2, 0.25) is 0 Å². The number of aromatic nitrogens is 2. The number of carbonyl (C=O) groups excluding carboxylic acids is 1. The van der Waals surface area contributed by atoms with Gasteiger partial charge in [-0.15, -0.1) is 0 Å². The zero-order chi connectivity index (χ0) is 22.3. The molecule has 0 saturated carbocycles. The van der Waals surface area contributed by atoms with Crippen LogP contribution in [0, 0.1) is 18.3 Å². The third-order valence-corrected chi connectivity index (χ3v) is 8.19. The van der Waals surface area contributed by atoms with Crippen LogP contribution in [-0.4, -0.2) is 45.9 Å². The molecule has 1 aliphatic carbocycles. The Labute approximate surface area is 189 Å². The van der Waals surface area contributed by atoms with Crippen molar-refractivity contribution in [3.05, 3.63) is 46.3 Å². The fourth-order valence-corrected chi connectivity index (χ4v) is 6.48. The number of rotatable bonds is 1. The Morgan fingerprint density at radius 1 is 1.19 bits per heavy atom. The number of aryl methyl sites for hydroxylation is 3. The highest BCUT2D eigenvalue weighted by atomic mass is 16.5. The fraction of sp³-hybridized carbons (Fsp3) is 0.615. The molecule has 1 aromatic carbocycles. The first-order valence-electron chi connectivity index (χ1n) is 12.0. The highest BCUT2D eigenvalue weighted by Gasteiger charge is 2.57. The molecule has 2 saturated heterocycles. The summed E-state index contributed by atoms with van der Waals surface area (Å²) < 4.78 is 14.8. The number of hydrogen-bond donors (Lipinski definition) is 0. The number of benzene rings is 1. The van der Waals surface area contributed by atoms with E-state index in [0.29, 0.717) is 6.61 Å². The Hall–Kier alpha value is -2.34. The molecule has 170 valence electrons. The van der Waals surface area contributed by atoms with Gasteiger partial charge in [-0.1, -0.05) is 12.1 Å². The van der Waals surface area contributed by atoms with Crippen LogP contribution < -0.4 is 4.74 Å². The van der Waals surface area contributed by atoms with E-state index in [1.165, 1.54) is 23.1 Å². The molecule has 1 amide bonds. The SMILES string of the molecule is Cc1ccc2c(c1)OC(C)(C)[C@H]1CC3(CO[C@H]21)CN(C(=O)c1c2c(nn1C)CCCC2)C3. The van der Waals surface area contributed by atoms with Crippen LogP contribution in [-0.2, 0) is 24.6 Å². The van der Waals surface area contributed by atoms with Crippen molar-refractivity contribution in [2.75, 3.05) is 19.7 Å². The van der Waals surface area contributed by atoms with E-state index in [-0.39, 0.29) is 28.9 Å². The molecule has 1 spiro atoms. The fourth-order valence-electron chi connectivity index (χ4n) is 6.48. The third kappa shape index (κ3) is 2.95. The monoisotopic (exact) mass is 435 g/mol. The molecule has 4 aliphatic rings. The molecule has 0 unspecified atom stereocenters. The number of hydrogen-bond acceptors (Lipinski definition) is 4. The number of nitrogens with zero attached hydrogens (tertiary/aromatic N) is 3. The van der Waals surface area contributed by atoms with Crippen molar-refractivity contribution >= 4 is 5.91 Å². The molecule has 0 N–H and O–H groups in total. The highest BCUT2D eigenvalue weighted by Crippen LogP contribution is 2.55. The van der Waals surface area contributed by atoms with Crippen LogP contribution in [0.4, 0.5) is 0 Å². The van der Waals surface area contributed by atoms with E-state index < -0.39 is 0 Å². The summed E-state index contributed by atoms with van der Waals surface area (Å²) >= 11 is 0.